The van der Waals surface area contributed by atoms with Crippen molar-refractivity contribution in [3.63, 3.8) is 0 Å². The van der Waals surface area contributed by atoms with E-state index in [9.17, 15) is 9.59 Å². The summed E-state index contributed by atoms with van der Waals surface area (Å²) in [5.74, 6) is -0.0133. The van der Waals surface area contributed by atoms with E-state index in [0.717, 1.165) is 25.9 Å². The maximum Gasteiger partial charge on any atom is 0.248 e. The van der Waals surface area contributed by atoms with E-state index in [2.05, 4.69) is 25.2 Å². The van der Waals surface area contributed by atoms with Crippen LogP contribution in [0.15, 0.2) is 30.6 Å². The third kappa shape index (κ3) is 5.10. The van der Waals surface area contributed by atoms with Gasteiger partial charge in [0.2, 0.25) is 17.8 Å². The molecule has 0 atom stereocenters. The summed E-state index contributed by atoms with van der Waals surface area (Å²) < 4.78 is 7.21. The summed E-state index contributed by atoms with van der Waals surface area (Å²) in [4.78, 5) is 36.3. The average Bonchev–Trinajstić information content (AvgIpc) is 3.28. The molecular weight excluding hydrogens is 438 g/mol. The lowest BCUT2D eigenvalue weighted by Crippen LogP contribution is -2.47. The van der Waals surface area contributed by atoms with Crippen molar-refractivity contribution in [1.29, 1.82) is 5.26 Å². The standard InChI is InChI=1S/C22H25N9O3/c1-29(17-4-6-30(7-5-17)22-25-12-15(11-23)13-26-22)20(32)14-34-9-8-31-19-10-16(21(24)33)2-3-18(19)27-28-31/h2-3,10,12-13,17H,4-9,14H2,1H3,(H2,24,33). The normalized spacial score (nSPS) is 14.2. The Bertz CT molecular complexity index is 1210. The van der Waals surface area contributed by atoms with Crippen LogP contribution in [-0.2, 0) is 16.1 Å². The molecule has 3 heterocycles. The van der Waals surface area contributed by atoms with Crippen molar-refractivity contribution in [2.75, 3.05) is 38.3 Å². The maximum absolute atomic E-state index is 12.6. The maximum atomic E-state index is 12.6. The van der Waals surface area contributed by atoms with Gasteiger partial charge in [-0.25, -0.2) is 14.6 Å². The van der Waals surface area contributed by atoms with E-state index in [1.54, 1.807) is 34.8 Å². The van der Waals surface area contributed by atoms with Gasteiger partial charge in [-0.2, -0.15) is 5.26 Å². The number of fused-ring (bicyclic) bond motifs is 1. The number of piperidine rings is 1. The van der Waals surface area contributed by atoms with Crippen LogP contribution < -0.4 is 10.6 Å². The molecule has 0 radical (unpaired) electrons. The lowest BCUT2D eigenvalue weighted by Gasteiger charge is -2.36. The number of likely N-dealkylation sites (N-methyl/N-ethyl adjacent to an activating group) is 1. The zero-order valence-corrected chi connectivity index (χ0v) is 18.8. The van der Waals surface area contributed by atoms with E-state index in [1.807, 2.05) is 6.07 Å². The molecule has 0 bridgehead atoms. The SMILES string of the molecule is CN(C(=O)COCCn1nnc2ccc(C(N)=O)cc21)C1CCN(c2ncc(C#N)cn2)CC1. The Morgan fingerprint density at radius 3 is 2.68 bits per heavy atom. The number of carbonyl (C=O) groups excluding carboxylic acids is 2. The fourth-order valence-electron chi connectivity index (χ4n) is 3.89. The minimum absolute atomic E-state index is 0.0331. The Kier molecular flexibility index (Phi) is 6.93. The molecule has 4 rings (SSSR count). The highest BCUT2D eigenvalue weighted by Crippen LogP contribution is 2.19. The largest absolute Gasteiger partial charge is 0.370 e. The molecule has 1 aliphatic rings. The Balaban J connectivity index is 1.22. The molecule has 12 nitrogen and oxygen atoms in total. The summed E-state index contributed by atoms with van der Waals surface area (Å²) in [7, 11) is 1.79. The molecule has 3 aromatic rings. The zero-order chi connectivity index (χ0) is 24.1. The van der Waals surface area contributed by atoms with Crippen molar-refractivity contribution in [3.05, 3.63) is 41.7 Å². The number of ether oxygens (including phenoxy) is 1. The Labute approximate surface area is 195 Å². The van der Waals surface area contributed by atoms with E-state index in [1.165, 1.54) is 12.4 Å². The van der Waals surface area contributed by atoms with Gasteiger partial charge in [-0.1, -0.05) is 5.21 Å². The van der Waals surface area contributed by atoms with Crippen LogP contribution in [0.2, 0.25) is 0 Å². The van der Waals surface area contributed by atoms with Gasteiger partial charge in [0.15, 0.2) is 0 Å². The van der Waals surface area contributed by atoms with Gasteiger partial charge in [0.1, 0.15) is 18.2 Å². The van der Waals surface area contributed by atoms with Crippen molar-refractivity contribution in [3.8, 4) is 6.07 Å². The van der Waals surface area contributed by atoms with Gasteiger partial charge in [-0.3, -0.25) is 9.59 Å². The van der Waals surface area contributed by atoms with Gasteiger partial charge in [0, 0.05) is 31.7 Å². The van der Waals surface area contributed by atoms with Crippen LogP contribution in [0, 0.1) is 11.3 Å². The first-order valence-corrected chi connectivity index (χ1v) is 10.9. The van der Waals surface area contributed by atoms with E-state index < -0.39 is 5.91 Å². The third-order valence-corrected chi connectivity index (χ3v) is 5.93. The van der Waals surface area contributed by atoms with Crippen LogP contribution in [0.5, 0.6) is 0 Å². The van der Waals surface area contributed by atoms with Crippen molar-refractivity contribution >= 4 is 28.8 Å². The number of primary amides is 1. The molecular formula is C22H25N9O3. The van der Waals surface area contributed by atoms with E-state index in [-0.39, 0.29) is 25.2 Å². The summed E-state index contributed by atoms with van der Waals surface area (Å²) in [5, 5.41) is 17.0. The minimum Gasteiger partial charge on any atom is -0.370 e. The predicted octanol–water partition coefficient (Wildman–Crippen LogP) is 0.336. The fraction of sp³-hybridized carbons (Fsp3) is 0.409. The molecule has 12 heteroatoms. The molecule has 1 aliphatic heterocycles. The highest BCUT2D eigenvalue weighted by atomic mass is 16.5. The van der Waals surface area contributed by atoms with Gasteiger partial charge in [-0.15, -0.1) is 5.10 Å². The number of benzene rings is 1. The summed E-state index contributed by atoms with van der Waals surface area (Å²) in [6.07, 6.45) is 4.61. The highest BCUT2D eigenvalue weighted by molar-refractivity contribution is 5.96. The zero-order valence-electron chi connectivity index (χ0n) is 18.8. The van der Waals surface area contributed by atoms with E-state index in [0.29, 0.717) is 34.7 Å². The topological polar surface area (TPSA) is 156 Å². The van der Waals surface area contributed by atoms with Crippen LogP contribution in [0.25, 0.3) is 11.0 Å². The molecule has 1 saturated heterocycles. The number of nitrogens with two attached hydrogens (primary N) is 1. The van der Waals surface area contributed by atoms with Crippen LogP contribution in [0.1, 0.15) is 28.8 Å². The third-order valence-electron chi connectivity index (χ3n) is 5.93. The van der Waals surface area contributed by atoms with Crippen LogP contribution >= 0.6 is 0 Å². The Hall–Kier alpha value is -4.11. The number of nitriles is 1. The number of amides is 2. The highest BCUT2D eigenvalue weighted by Gasteiger charge is 2.26. The molecule has 0 unspecified atom stereocenters. The van der Waals surface area contributed by atoms with Crippen molar-refractivity contribution in [1.82, 2.24) is 29.9 Å². The van der Waals surface area contributed by atoms with Crippen LogP contribution in [0.4, 0.5) is 5.95 Å². The van der Waals surface area contributed by atoms with E-state index in [4.69, 9.17) is 15.7 Å². The lowest BCUT2D eigenvalue weighted by molar-refractivity contribution is -0.137. The molecule has 2 N–H and O–H groups in total. The molecule has 176 valence electrons. The van der Waals surface area contributed by atoms with Gasteiger partial charge >= 0.3 is 0 Å². The van der Waals surface area contributed by atoms with Gasteiger partial charge < -0.3 is 20.3 Å². The number of aromatic nitrogens is 5. The lowest BCUT2D eigenvalue weighted by atomic mass is 10.0. The van der Waals surface area contributed by atoms with Gasteiger partial charge in [0.25, 0.3) is 0 Å². The smallest absolute Gasteiger partial charge is 0.248 e. The number of nitrogens with zero attached hydrogens (tertiary/aromatic N) is 8. The minimum atomic E-state index is -0.519. The second kappa shape index (κ2) is 10.2. The summed E-state index contributed by atoms with van der Waals surface area (Å²) in [6.45, 7) is 2.07. The first-order chi connectivity index (χ1) is 16.5. The second-order valence-electron chi connectivity index (χ2n) is 8.04. The summed E-state index contributed by atoms with van der Waals surface area (Å²) in [5.41, 5.74) is 7.48. The number of hydrogen-bond acceptors (Lipinski definition) is 9. The fourth-order valence-corrected chi connectivity index (χ4v) is 3.89. The molecule has 0 saturated carbocycles. The van der Waals surface area contributed by atoms with Crippen LogP contribution in [0.3, 0.4) is 0 Å². The number of rotatable bonds is 8. The average molecular weight is 464 g/mol. The molecule has 0 spiro atoms. The van der Waals surface area contributed by atoms with Crippen LogP contribution in [-0.4, -0.2) is 81.1 Å². The number of carbonyl (C=O) groups is 2. The Morgan fingerprint density at radius 1 is 1.26 bits per heavy atom. The number of hydrogen-bond donors (Lipinski definition) is 1. The monoisotopic (exact) mass is 463 g/mol. The van der Waals surface area contributed by atoms with Crippen molar-refractivity contribution in [2.45, 2.75) is 25.4 Å². The van der Waals surface area contributed by atoms with Crippen molar-refractivity contribution in [2.24, 2.45) is 5.73 Å². The first-order valence-electron chi connectivity index (χ1n) is 10.9. The molecule has 2 aromatic heterocycles. The Morgan fingerprint density at radius 2 is 2.00 bits per heavy atom. The van der Waals surface area contributed by atoms with Gasteiger partial charge in [-0.05, 0) is 31.0 Å². The molecule has 2 amide bonds. The molecule has 34 heavy (non-hydrogen) atoms. The summed E-state index contributed by atoms with van der Waals surface area (Å²) in [6, 6.07) is 7.06. The second-order valence-corrected chi connectivity index (χ2v) is 8.04. The first kappa shape index (κ1) is 23.1. The summed E-state index contributed by atoms with van der Waals surface area (Å²) >= 11 is 0. The van der Waals surface area contributed by atoms with E-state index >= 15 is 0 Å². The predicted molar refractivity (Wildman–Crippen MR) is 122 cm³/mol. The van der Waals surface area contributed by atoms with Gasteiger partial charge in [0.05, 0.1) is 36.6 Å². The van der Waals surface area contributed by atoms with Crippen molar-refractivity contribution < 1.29 is 14.3 Å². The number of anilines is 1. The molecule has 1 fully saturated rings. The molecule has 0 aliphatic carbocycles. The quantitative estimate of drug-likeness (QED) is 0.465. The molecule has 1 aromatic carbocycles.